The number of fused-ring (bicyclic) bond motifs is 1. The summed E-state index contributed by atoms with van der Waals surface area (Å²) in [5.41, 5.74) is 4.38. The van der Waals surface area contributed by atoms with Crippen LogP contribution in [0.2, 0.25) is 5.02 Å². The van der Waals surface area contributed by atoms with Crippen LogP contribution in [-0.4, -0.2) is 31.9 Å². The Hall–Kier alpha value is -1.95. The van der Waals surface area contributed by atoms with E-state index >= 15 is 0 Å². The summed E-state index contributed by atoms with van der Waals surface area (Å²) >= 11 is 8.22. The van der Waals surface area contributed by atoms with Crippen LogP contribution < -0.4 is 0 Å². The number of rotatable bonds is 3. The maximum Gasteiger partial charge on any atom is 0.126 e. The van der Waals surface area contributed by atoms with Gasteiger partial charge in [0, 0.05) is 22.7 Å². The highest BCUT2D eigenvalue weighted by molar-refractivity contribution is 8.09. The van der Waals surface area contributed by atoms with Crippen molar-refractivity contribution in [2.45, 2.75) is 38.1 Å². The van der Waals surface area contributed by atoms with E-state index in [2.05, 4.69) is 58.5 Å². The van der Waals surface area contributed by atoms with E-state index in [0.29, 0.717) is 5.37 Å². The smallest absolute Gasteiger partial charge is 0.126 e. The monoisotopic (exact) mass is 410 g/mol. The number of aryl methyl sites for hydroxylation is 1. The lowest BCUT2D eigenvalue weighted by atomic mass is 10.2. The van der Waals surface area contributed by atoms with Gasteiger partial charge < -0.3 is 4.98 Å². The third kappa shape index (κ3) is 3.02. The van der Waals surface area contributed by atoms with Gasteiger partial charge in [-0.3, -0.25) is 5.01 Å². The van der Waals surface area contributed by atoms with Crippen molar-refractivity contribution in [3.8, 4) is 0 Å². The van der Waals surface area contributed by atoms with E-state index in [9.17, 15) is 0 Å². The SMILES string of the molecule is Cc1c(Cl)ccc2[nH]c([C@@H]3CCCN3N3C=C(c4ccccc4)SC3C)nc12. The van der Waals surface area contributed by atoms with Crippen molar-refractivity contribution in [2.24, 2.45) is 0 Å². The summed E-state index contributed by atoms with van der Waals surface area (Å²) in [6, 6.07) is 14.9. The molecule has 0 radical (unpaired) electrons. The Morgan fingerprint density at radius 3 is 2.82 bits per heavy atom. The Morgan fingerprint density at radius 1 is 1.18 bits per heavy atom. The van der Waals surface area contributed by atoms with Gasteiger partial charge in [-0.15, -0.1) is 0 Å². The predicted octanol–water partition coefficient (Wildman–Crippen LogP) is 5.97. The van der Waals surface area contributed by atoms with E-state index in [0.717, 1.165) is 40.4 Å². The van der Waals surface area contributed by atoms with Crippen LogP contribution in [0.15, 0.2) is 48.7 Å². The van der Waals surface area contributed by atoms with E-state index in [1.807, 2.05) is 30.8 Å². The average molecular weight is 411 g/mol. The van der Waals surface area contributed by atoms with Gasteiger partial charge in [-0.25, -0.2) is 9.99 Å². The van der Waals surface area contributed by atoms with E-state index in [4.69, 9.17) is 16.6 Å². The predicted molar refractivity (Wildman–Crippen MR) is 118 cm³/mol. The molecule has 6 heteroatoms. The molecule has 28 heavy (non-hydrogen) atoms. The number of imidazole rings is 1. The number of benzene rings is 2. The van der Waals surface area contributed by atoms with E-state index < -0.39 is 0 Å². The molecule has 2 atom stereocenters. The molecule has 4 nitrogen and oxygen atoms in total. The first-order valence-corrected chi connectivity index (χ1v) is 11.0. The summed E-state index contributed by atoms with van der Waals surface area (Å²) in [5.74, 6) is 1.04. The maximum absolute atomic E-state index is 6.30. The molecule has 5 rings (SSSR count). The quantitative estimate of drug-likeness (QED) is 0.576. The molecule has 2 aromatic carbocycles. The lowest BCUT2D eigenvalue weighted by Gasteiger charge is -2.35. The number of nitrogens with zero attached hydrogens (tertiary/aromatic N) is 3. The number of H-pyrrole nitrogens is 1. The number of aromatic nitrogens is 2. The van der Waals surface area contributed by atoms with Gasteiger partial charge in [0.15, 0.2) is 0 Å². The Bertz CT molecular complexity index is 1050. The highest BCUT2D eigenvalue weighted by Crippen LogP contribution is 2.44. The first-order valence-electron chi connectivity index (χ1n) is 9.75. The molecule has 1 N–H and O–H groups in total. The third-order valence-electron chi connectivity index (χ3n) is 5.67. The van der Waals surface area contributed by atoms with Crippen LogP contribution in [0.1, 0.15) is 42.8 Å². The van der Waals surface area contributed by atoms with Gasteiger partial charge in [0.2, 0.25) is 0 Å². The number of hydrogen-bond acceptors (Lipinski definition) is 4. The molecule has 1 aromatic heterocycles. The zero-order valence-electron chi connectivity index (χ0n) is 16.0. The molecule has 0 aliphatic carbocycles. The Balaban J connectivity index is 1.47. The highest BCUT2D eigenvalue weighted by Gasteiger charge is 2.36. The molecule has 0 amide bonds. The summed E-state index contributed by atoms with van der Waals surface area (Å²) in [4.78, 5) is 9.82. The summed E-state index contributed by atoms with van der Waals surface area (Å²) in [7, 11) is 0. The normalized spacial score (nSPS) is 23.0. The maximum atomic E-state index is 6.30. The minimum absolute atomic E-state index is 0.264. The fraction of sp³-hybridized carbons (Fsp3) is 0.318. The van der Waals surface area contributed by atoms with Gasteiger partial charge in [-0.1, -0.05) is 53.7 Å². The van der Waals surface area contributed by atoms with Crippen LogP contribution >= 0.6 is 23.4 Å². The van der Waals surface area contributed by atoms with Crippen molar-refractivity contribution in [1.82, 2.24) is 20.0 Å². The van der Waals surface area contributed by atoms with Gasteiger partial charge in [-0.05, 0) is 49.9 Å². The second-order valence-corrected chi connectivity index (χ2v) is 9.23. The first-order chi connectivity index (χ1) is 13.6. The van der Waals surface area contributed by atoms with Crippen molar-refractivity contribution < 1.29 is 0 Å². The summed E-state index contributed by atoms with van der Waals surface area (Å²) in [6.45, 7) is 5.36. The third-order valence-corrected chi connectivity index (χ3v) is 7.24. The number of hydrogen-bond donors (Lipinski definition) is 1. The van der Waals surface area contributed by atoms with Crippen molar-refractivity contribution in [3.63, 3.8) is 0 Å². The highest BCUT2D eigenvalue weighted by atomic mass is 35.5. The lowest BCUT2D eigenvalue weighted by molar-refractivity contribution is 0.00255. The van der Waals surface area contributed by atoms with Crippen LogP contribution in [0.25, 0.3) is 15.9 Å². The summed E-state index contributed by atoms with van der Waals surface area (Å²) < 4.78 is 0. The van der Waals surface area contributed by atoms with E-state index in [-0.39, 0.29) is 6.04 Å². The number of hydrazine groups is 1. The van der Waals surface area contributed by atoms with Gasteiger partial charge in [0.1, 0.15) is 5.82 Å². The molecule has 2 aliphatic rings. The number of aromatic amines is 1. The van der Waals surface area contributed by atoms with Crippen LogP contribution in [0.3, 0.4) is 0 Å². The Labute approximate surface area is 174 Å². The van der Waals surface area contributed by atoms with Crippen molar-refractivity contribution >= 4 is 39.3 Å². The molecule has 0 bridgehead atoms. The molecule has 1 fully saturated rings. The van der Waals surface area contributed by atoms with Crippen LogP contribution in [-0.2, 0) is 0 Å². The second-order valence-electron chi connectivity index (χ2n) is 7.47. The molecule has 0 spiro atoms. The molecule has 1 unspecified atom stereocenters. The molecule has 2 aliphatic heterocycles. The number of halogens is 1. The Morgan fingerprint density at radius 2 is 2.00 bits per heavy atom. The van der Waals surface area contributed by atoms with Crippen LogP contribution in [0, 0.1) is 6.92 Å². The number of thioether (sulfide) groups is 1. The standard InChI is InChI=1S/C22H23ClN4S/c1-14-17(23)10-11-18-21(14)25-22(24-18)19-9-6-12-26(19)27-13-20(28-15(27)2)16-7-4-3-5-8-16/h3-5,7-8,10-11,13,15,19H,6,9,12H2,1-2H3,(H,24,25)/t15?,19-/m0/s1. The van der Waals surface area contributed by atoms with Crippen molar-refractivity contribution in [3.05, 3.63) is 70.6 Å². The van der Waals surface area contributed by atoms with E-state index in [1.165, 1.54) is 16.9 Å². The lowest BCUT2D eigenvalue weighted by Crippen LogP contribution is -2.41. The Kier molecular flexibility index (Phi) is 4.62. The van der Waals surface area contributed by atoms with Gasteiger partial charge >= 0.3 is 0 Å². The average Bonchev–Trinajstić information content (AvgIpc) is 3.43. The first kappa shape index (κ1) is 18.1. The minimum Gasteiger partial charge on any atom is -0.341 e. The van der Waals surface area contributed by atoms with Gasteiger partial charge in [0.05, 0.1) is 22.4 Å². The van der Waals surface area contributed by atoms with Crippen molar-refractivity contribution in [2.75, 3.05) is 6.54 Å². The van der Waals surface area contributed by atoms with Crippen molar-refractivity contribution in [1.29, 1.82) is 0 Å². The topological polar surface area (TPSA) is 35.2 Å². The van der Waals surface area contributed by atoms with Gasteiger partial charge in [0.25, 0.3) is 0 Å². The molecule has 0 saturated carbocycles. The fourth-order valence-electron chi connectivity index (χ4n) is 4.19. The zero-order valence-corrected chi connectivity index (χ0v) is 17.6. The summed E-state index contributed by atoms with van der Waals surface area (Å²) in [5, 5.41) is 6.02. The fourth-order valence-corrected chi connectivity index (χ4v) is 5.44. The summed E-state index contributed by atoms with van der Waals surface area (Å²) in [6.07, 6.45) is 4.58. The zero-order chi connectivity index (χ0) is 19.3. The molecule has 3 heterocycles. The minimum atomic E-state index is 0.264. The molecule has 144 valence electrons. The molecular weight excluding hydrogens is 388 g/mol. The number of nitrogens with one attached hydrogen (secondary N) is 1. The molecular formula is C22H23ClN4S. The van der Waals surface area contributed by atoms with Crippen LogP contribution in [0.4, 0.5) is 0 Å². The van der Waals surface area contributed by atoms with Crippen LogP contribution in [0.5, 0.6) is 0 Å². The molecule has 3 aromatic rings. The van der Waals surface area contributed by atoms with E-state index in [1.54, 1.807) is 0 Å². The van der Waals surface area contributed by atoms with Gasteiger partial charge in [-0.2, -0.15) is 0 Å². The second kappa shape index (κ2) is 7.14. The molecule has 1 saturated heterocycles. The largest absolute Gasteiger partial charge is 0.341 e.